The average Bonchev–Trinajstić information content (AvgIpc) is 2.94. The molecule has 0 radical (unpaired) electrons. The summed E-state index contributed by atoms with van der Waals surface area (Å²) >= 11 is 0. The van der Waals surface area contributed by atoms with Crippen LogP contribution in [-0.2, 0) is 6.54 Å². The summed E-state index contributed by atoms with van der Waals surface area (Å²) in [6, 6.07) is 22.2. The molecule has 0 spiro atoms. The van der Waals surface area contributed by atoms with Crippen LogP contribution in [-0.4, -0.2) is 5.78 Å². The van der Waals surface area contributed by atoms with E-state index in [0.717, 1.165) is 28.6 Å². The van der Waals surface area contributed by atoms with Gasteiger partial charge in [-0.2, -0.15) is 4.57 Å². The molecule has 0 fully saturated rings. The number of carbonyl (C=O) groups is 1. The maximum Gasteiger partial charge on any atom is 0.227 e. The van der Waals surface area contributed by atoms with Crippen molar-refractivity contribution < 1.29 is 9.36 Å². The first-order valence-electron chi connectivity index (χ1n) is 15.0. The zero-order valence-electron chi connectivity index (χ0n) is 23.2. The number of hydrogen-bond acceptors (Lipinski definition) is 1. The number of benzene rings is 2. The summed E-state index contributed by atoms with van der Waals surface area (Å²) in [7, 11) is 0. The van der Waals surface area contributed by atoms with Gasteiger partial charge in [0, 0.05) is 29.2 Å². The average molecular weight is 499 g/mol. The molecule has 1 heterocycles. The highest BCUT2D eigenvalue weighted by Gasteiger charge is 2.18. The largest absolute Gasteiger partial charge is 0.287 e. The molecule has 2 heteroatoms. The van der Waals surface area contributed by atoms with E-state index in [9.17, 15) is 4.79 Å². The van der Waals surface area contributed by atoms with Crippen LogP contribution in [0.25, 0.3) is 17.0 Å². The molecule has 3 aromatic rings. The number of hydrogen-bond donors (Lipinski definition) is 0. The molecule has 0 aliphatic rings. The fourth-order valence-electron chi connectivity index (χ4n) is 5.12. The SMILES string of the molecule is CCCCCCCCCCCCCCCCC=Cc1ccc2ccccc2[n+]1CC(=O)c1ccccc1. The summed E-state index contributed by atoms with van der Waals surface area (Å²) < 4.78 is 2.16. The summed E-state index contributed by atoms with van der Waals surface area (Å²) in [5, 5.41) is 1.16. The van der Waals surface area contributed by atoms with Gasteiger partial charge >= 0.3 is 0 Å². The standard InChI is InChI=1S/C35H48NO/c1-2-3-4-5-6-7-8-9-10-11-12-13-14-15-16-20-26-33-29-28-31-23-21-22-27-34(31)36(33)30-35(37)32-24-18-17-19-25-32/h17-29H,2-16,30H2,1H3/q+1. The third kappa shape index (κ3) is 10.6. The maximum atomic E-state index is 13.0. The molecule has 0 bridgehead atoms. The third-order valence-corrected chi connectivity index (χ3v) is 7.38. The second-order valence-electron chi connectivity index (χ2n) is 10.5. The van der Waals surface area contributed by atoms with E-state index in [1.165, 1.54) is 89.9 Å². The first-order valence-corrected chi connectivity index (χ1v) is 15.0. The molecule has 198 valence electrons. The molecule has 0 amide bonds. The van der Waals surface area contributed by atoms with E-state index >= 15 is 0 Å². The molecule has 2 aromatic carbocycles. The van der Waals surface area contributed by atoms with Gasteiger partial charge in [0.25, 0.3) is 0 Å². The topological polar surface area (TPSA) is 20.9 Å². The number of carbonyl (C=O) groups excluding carboxylic acids is 1. The van der Waals surface area contributed by atoms with E-state index in [0.29, 0.717) is 6.54 Å². The lowest BCUT2D eigenvalue weighted by Gasteiger charge is -2.05. The number of para-hydroxylation sites is 1. The zero-order valence-corrected chi connectivity index (χ0v) is 23.2. The Morgan fingerprint density at radius 3 is 1.86 bits per heavy atom. The van der Waals surface area contributed by atoms with E-state index in [1.54, 1.807) is 0 Å². The Bertz CT molecular complexity index is 1070. The van der Waals surface area contributed by atoms with Crippen LogP contribution in [0.2, 0.25) is 0 Å². The van der Waals surface area contributed by atoms with E-state index in [2.05, 4.69) is 54.0 Å². The second kappa shape index (κ2) is 17.7. The van der Waals surface area contributed by atoms with Crippen molar-refractivity contribution in [3.8, 4) is 0 Å². The van der Waals surface area contributed by atoms with Crippen molar-refractivity contribution in [1.29, 1.82) is 0 Å². The monoisotopic (exact) mass is 498 g/mol. The number of allylic oxidation sites excluding steroid dienone is 1. The number of ketones is 1. The van der Waals surface area contributed by atoms with Gasteiger partial charge in [0.05, 0.1) is 0 Å². The summed E-state index contributed by atoms with van der Waals surface area (Å²) in [4.78, 5) is 13.0. The van der Waals surface area contributed by atoms with Crippen LogP contribution >= 0.6 is 0 Å². The fraction of sp³-hybridized carbons (Fsp3) is 0.486. The maximum absolute atomic E-state index is 13.0. The van der Waals surface area contributed by atoms with Crippen molar-refractivity contribution in [2.24, 2.45) is 0 Å². The highest BCUT2D eigenvalue weighted by Crippen LogP contribution is 2.15. The number of nitrogens with zero attached hydrogens (tertiary/aromatic N) is 1. The van der Waals surface area contributed by atoms with E-state index in [4.69, 9.17) is 0 Å². The van der Waals surface area contributed by atoms with Gasteiger partial charge in [0.1, 0.15) is 0 Å². The van der Waals surface area contributed by atoms with Gasteiger partial charge < -0.3 is 0 Å². The Balaban J connectivity index is 1.37. The lowest BCUT2D eigenvalue weighted by atomic mass is 10.0. The van der Waals surface area contributed by atoms with Crippen molar-refractivity contribution in [3.63, 3.8) is 0 Å². The molecule has 0 atom stereocenters. The van der Waals surface area contributed by atoms with Gasteiger partial charge in [-0.25, -0.2) is 0 Å². The lowest BCUT2D eigenvalue weighted by Crippen LogP contribution is -2.41. The van der Waals surface area contributed by atoms with Crippen molar-refractivity contribution in [2.75, 3.05) is 0 Å². The Hall–Kier alpha value is -2.74. The molecule has 37 heavy (non-hydrogen) atoms. The first-order chi connectivity index (χ1) is 18.3. The van der Waals surface area contributed by atoms with Gasteiger partial charge in [-0.05, 0) is 25.0 Å². The van der Waals surface area contributed by atoms with Gasteiger partial charge in [0.2, 0.25) is 23.5 Å². The number of fused-ring (bicyclic) bond motifs is 1. The predicted molar refractivity (Wildman–Crippen MR) is 159 cm³/mol. The number of rotatable bonds is 19. The van der Waals surface area contributed by atoms with Crippen molar-refractivity contribution >= 4 is 22.8 Å². The van der Waals surface area contributed by atoms with Crippen LogP contribution in [0.3, 0.4) is 0 Å². The van der Waals surface area contributed by atoms with Crippen LogP contribution in [0.1, 0.15) is 119 Å². The minimum Gasteiger partial charge on any atom is -0.287 e. The fourth-order valence-corrected chi connectivity index (χ4v) is 5.12. The van der Waals surface area contributed by atoms with Crippen molar-refractivity contribution in [2.45, 2.75) is 110 Å². The predicted octanol–water partition coefficient (Wildman–Crippen LogP) is 9.89. The number of pyridine rings is 1. The third-order valence-electron chi connectivity index (χ3n) is 7.38. The molecule has 1 aromatic heterocycles. The summed E-state index contributed by atoms with van der Waals surface area (Å²) in [6.07, 6.45) is 25.1. The molecule has 0 saturated heterocycles. The molecule has 0 N–H and O–H groups in total. The smallest absolute Gasteiger partial charge is 0.227 e. The molecule has 2 nitrogen and oxygen atoms in total. The van der Waals surface area contributed by atoms with Gasteiger partial charge in [0.15, 0.2) is 0 Å². The van der Waals surface area contributed by atoms with E-state index < -0.39 is 0 Å². The molecular weight excluding hydrogens is 450 g/mol. The molecule has 0 unspecified atom stereocenters. The zero-order chi connectivity index (χ0) is 26.0. The number of unbranched alkanes of at least 4 members (excludes halogenated alkanes) is 14. The summed E-state index contributed by atoms with van der Waals surface area (Å²) in [5.74, 6) is 0.142. The van der Waals surface area contributed by atoms with Crippen LogP contribution in [0, 0.1) is 0 Å². The molecular formula is C35H48NO+. The Kier molecular flexibility index (Phi) is 13.8. The second-order valence-corrected chi connectivity index (χ2v) is 10.5. The quantitative estimate of drug-likeness (QED) is 0.0915. The van der Waals surface area contributed by atoms with E-state index in [-0.39, 0.29) is 5.78 Å². The van der Waals surface area contributed by atoms with Crippen molar-refractivity contribution in [1.82, 2.24) is 0 Å². The van der Waals surface area contributed by atoms with Crippen LogP contribution in [0.15, 0.2) is 72.8 Å². The van der Waals surface area contributed by atoms with Gasteiger partial charge in [-0.1, -0.05) is 139 Å². The van der Waals surface area contributed by atoms with E-state index in [1.807, 2.05) is 36.4 Å². The Morgan fingerprint density at radius 2 is 1.22 bits per heavy atom. The first kappa shape index (κ1) is 28.8. The minimum absolute atomic E-state index is 0.142. The normalized spacial score (nSPS) is 11.5. The van der Waals surface area contributed by atoms with Crippen LogP contribution in [0.5, 0.6) is 0 Å². The van der Waals surface area contributed by atoms with Crippen LogP contribution < -0.4 is 4.57 Å². The number of aromatic nitrogens is 1. The van der Waals surface area contributed by atoms with Gasteiger partial charge in [-0.15, -0.1) is 0 Å². The van der Waals surface area contributed by atoms with Crippen molar-refractivity contribution in [3.05, 3.63) is 84.1 Å². The minimum atomic E-state index is 0.142. The molecule has 0 aliphatic heterocycles. The molecule has 3 rings (SSSR count). The Morgan fingerprint density at radius 1 is 0.649 bits per heavy atom. The lowest BCUT2D eigenvalue weighted by molar-refractivity contribution is -0.658. The Labute approximate surface area is 225 Å². The molecule has 0 aliphatic carbocycles. The highest BCUT2D eigenvalue weighted by atomic mass is 16.1. The summed E-state index contributed by atoms with van der Waals surface area (Å²) in [6.45, 7) is 2.64. The number of Topliss-reactive ketones (excluding diaryl/α,β-unsaturated/α-hetero) is 1. The van der Waals surface area contributed by atoms with Crippen LogP contribution in [0.4, 0.5) is 0 Å². The van der Waals surface area contributed by atoms with Gasteiger partial charge in [-0.3, -0.25) is 4.79 Å². The molecule has 0 saturated carbocycles. The highest BCUT2D eigenvalue weighted by molar-refractivity contribution is 5.95. The summed E-state index contributed by atoms with van der Waals surface area (Å²) in [5.41, 5.74) is 2.96.